The Bertz CT molecular complexity index is 451. The predicted molar refractivity (Wildman–Crippen MR) is 70.6 cm³/mol. The Balaban J connectivity index is 2.86. The number of carboxylic acid groups (broad SMARTS) is 1. The number of nitrogens with zero attached hydrogens (tertiary/aromatic N) is 2. The summed E-state index contributed by atoms with van der Waals surface area (Å²) < 4.78 is 0. The predicted octanol–water partition coefficient (Wildman–Crippen LogP) is 2.14. The van der Waals surface area contributed by atoms with Gasteiger partial charge in [-0.25, -0.2) is 0 Å². The number of rotatable bonds is 7. The molecule has 0 bridgehead atoms. The Morgan fingerprint density at radius 1 is 1.37 bits per heavy atom. The summed E-state index contributed by atoms with van der Waals surface area (Å²) in [6, 6.07) is 8.14. The molecule has 0 aliphatic heterocycles. The number of aromatic hydroxyl groups is 1. The third kappa shape index (κ3) is 4.60. The fourth-order valence-electron chi connectivity index (χ4n) is 1.92. The van der Waals surface area contributed by atoms with Gasteiger partial charge >= 0.3 is 5.97 Å². The molecule has 0 saturated heterocycles. The van der Waals surface area contributed by atoms with Crippen LogP contribution in [-0.4, -0.2) is 34.2 Å². The Kier molecular flexibility index (Phi) is 5.83. The summed E-state index contributed by atoms with van der Waals surface area (Å²) in [4.78, 5) is 12.5. The molecule has 19 heavy (non-hydrogen) atoms. The molecule has 5 heteroatoms. The van der Waals surface area contributed by atoms with Gasteiger partial charge in [0.1, 0.15) is 11.8 Å². The highest BCUT2D eigenvalue weighted by Crippen LogP contribution is 2.22. The lowest BCUT2D eigenvalue weighted by atomic mass is 10.1. The summed E-state index contributed by atoms with van der Waals surface area (Å²) in [6.45, 7) is 2.98. The fourth-order valence-corrected chi connectivity index (χ4v) is 1.92. The van der Waals surface area contributed by atoms with Gasteiger partial charge < -0.3 is 10.2 Å². The van der Waals surface area contributed by atoms with Gasteiger partial charge in [0.25, 0.3) is 0 Å². The van der Waals surface area contributed by atoms with E-state index < -0.39 is 12.0 Å². The molecule has 1 atom stereocenters. The molecule has 1 rings (SSSR count). The SMILES string of the molecule is CCCN(CCC(=O)O)C(C#N)c1ccc(O)cc1. The lowest BCUT2D eigenvalue weighted by Crippen LogP contribution is -2.31. The van der Waals surface area contributed by atoms with Crippen LogP contribution in [0.3, 0.4) is 0 Å². The maximum Gasteiger partial charge on any atom is 0.304 e. The number of carbonyl (C=O) groups is 1. The van der Waals surface area contributed by atoms with Crippen molar-refractivity contribution in [2.45, 2.75) is 25.8 Å². The van der Waals surface area contributed by atoms with Crippen molar-refractivity contribution in [1.82, 2.24) is 4.90 Å². The number of benzene rings is 1. The quantitative estimate of drug-likeness (QED) is 0.786. The molecule has 0 aliphatic carbocycles. The zero-order chi connectivity index (χ0) is 14.3. The largest absolute Gasteiger partial charge is 0.508 e. The summed E-state index contributed by atoms with van der Waals surface area (Å²) in [7, 11) is 0. The molecule has 1 aromatic rings. The van der Waals surface area contributed by atoms with Gasteiger partial charge in [0.05, 0.1) is 12.5 Å². The molecular formula is C14H18N2O3. The minimum atomic E-state index is -0.872. The van der Waals surface area contributed by atoms with Crippen molar-refractivity contribution in [2.75, 3.05) is 13.1 Å². The van der Waals surface area contributed by atoms with Gasteiger partial charge in [-0.2, -0.15) is 5.26 Å². The molecule has 2 N–H and O–H groups in total. The molecular weight excluding hydrogens is 244 g/mol. The van der Waals surface area contributed by atoms with Gasteiger partial charge in [-0.1, -0.05) is 19.1 Å². The molecule has 1 unspecified atom stereocenters. The van der Waals surface area contributed by atoms with Crippen molar-refractivity contribution in [1.29, 1.82) is 5.26 Å². The first-order valence-electron chi connectivity index (χ1n) is 6.22. The van der Waals surface area contributed by atoms with Crippen LogP contribution in [0.1, 0.15) is 31.4 Å². The van der Waals surface area contributed by atoms with Gasteiger partial charge in [0, 0.05) is 6.54 Å². The van der Waals surface area contributed by atoms with E-state index in [4.69, 9.17) is 5.11 Å². The molecule has 0 heterocycles. The second kappa shape index (κ2) is 7.39. The van der Waals surface area contributed by atoms with E-state index >= 15 is 0 Å². The van der Waals surface area contributed by atoms with Crippen molar-refractivity contribution < 1.29 is 15.0 Å². The minimum Gasteiger partial charge on any atom is -0.508 e. The normalized spacial score (nSPS) is 12.1. The Hall–Kier alpha value is -2.06. The minimum absolute atomic E-state index is 0.0102. The molecule has 1 aromatic carbocycles. The average Bonchev–Trinajstić information content (AvgIpc) is 2.38. The van der Waals surface area contributed by atoms with Crippen LogP contribution in [0.15, 0.2) is 24.3 Å². The summed E-state index contributed by atoms with van der Waals surface area (Å²) >= 11 is 0. The first-order chi connectivity index (χ1) is 9.08. The van der Waals surface area contributed by atoms with E-state index in [1.165, 1.54) is 12.1 Å². The van der Waals surface area contributed by atoms with E-state index in [0.29, 0.717) is 13.1 Å². The zero-order valence-electron chi connectivity index (χ0n) is 10.9. The Labute approximate surface area is 112 Å². The number of aliphatic carboxylic acids is 1. The maximum atomic E-state index is 10.7. The van der Waals surface area contributed by atoms with Crippen LogP contribution in [0.25, 0.3) is 0 Å². The van der Waals surface area contributed by atoms with Crippen LogP contribution in [0.2, 0.25) is 0 Å². The van der Waals surface area contributed by atoms with Crippen molar-refractivity contribution in [3.8, 4) is 11.8 Å². The number of carboxylic acids is 1. The van der Waals surface area contributed by atoms with Gasteiger partial charge in [-0.3, -0.25) is 9.69 Å². The topological polar surface area (TPSA) is 84.6 Å². The standard InChI is InChI=1S/C14H18N2O3/c1-2-8-16(9-7-14(18)19)13(10-15)11-3-5-12(17)6-4-11/h3-6,13,17H,2,7-9H2,1H3,(H,18,19). The molecule has 0 fully saturated rings. The summed E-state index contributed by atoms with van der Waals surface area (Å²) in [5.41, 5.74) is 0.763. The lowest BCUT2D eigenvalue weighted by Gasteiger charge is -2.26. The van der Waals surface area contributed by atoms with Crippen LogP contribution in [0.4, 0.5) is 0 Å². The van der Waals surface area contributed by atoms with Crippen molar-refractivity contribution in [3.05, 3.63) is 29.8 Å². The van der Waals surface area contributed by atoms with Crippen LogP contribution in [0, 0.1) is 11.3 Å². The van der Waals surface area contributed by atoms with Crippen molar-refractivity contribution in [2.24, 2.45) is 0 Å². The number of hydrogen-bond acceptors (Lipinski definition) is 4. The van der Waals surface area contributed by atoms with Crippen LogP contribution >= 0.6 is 0 Å². The second-order valence-electron chi connectivity index (χ2n) is 4.30. The summed E-state index contributed by atoms with van der Waals surface area (Å²) in [5, 5.41) is 27.3. The number of nitriles is 1. The zero-order valence-corrected chi connectivity index (χ0v) is 10.9. The van der Waals surface area contributed by atoms with Crippen LogP contribution < -0.4 is 0 Å². The van der Waals surface area contributed by atoms with Gasteiger partial charge in [0.15, 0.2) is 0 Å². The van der Waals surface area contributed by atoms with E-state index in [9.17, 15) is 15.2 Å². The molecule has 0 spiro atoms. The van der Waals surface area contributed by atoms with Gasteiger partial charge in [-0.05, 0) is 30.7 Å². The first-order valence-corrected chi connectivity index (χ1v) is 6.22. The summed E-state index contributed by atoms with van der Waals surface area (Å²) in [6.07, 6.45) is 0.853. The molecule has 5 nitrogen and oxygen atoms in total. The Morgan fingerprint density at radius 2 is 2.00 bits per heavy atom. The molecule has 0 amide bonds. The highest BCUT2D eigenvalue weighted by Gasteiger charge is 2.20. The maximum absolute atomic E-state index is 10.7. The summed E-state index contributed by atoms with van der Waals surface area (Å²) in [5.74, 6) is -0.725. The molecule has 0 aliphatic rings. The fraction of sp³-hybridized carbons (Fsp3) is 0.429. The van der Waals surface area contributed by atoms with Crippen molar-refractivity contribution in [3.63, 3.8) is 0 Å². The smallest absolute Gasteiger partial charge is 0.304 e. The van der Waals surface area contributed by atoms with E-state index in [2.05, 4.69) is 6.07 Å². The van der Waals surface area contributed by atoms with Crippen molar-refractivity contribution >= 4 is 5.97 Å². The van der Waals surface area contributed by atoms with E-state index in [-0.39, 0.29) is 12.2 Å². The van der Waals surface area contributed by atoms with E-state index in [1.54, 1.807) is 12.1 Å². The first kappa shape index (κ1) is 15.0. The monoisotopic (exact) mass is 262 g/mol. The van der Waals surface area contributed by atoms with Gasteiger partial charge in [0.2, 0.25) is 0 Å². The third-order valence-electron chi connectivity index (χ3n) is 2.82. The highest BCUT2D eigenvalue weighted by molar-refractivity contribution is 5.66. The molecule has 0 radical (unpaired) electrons. The molecule has 0 saturated carbocycles. The highest BCUT2D eigenvalue weighted by atomic mass is 16.4. The molecule has 0 aromatic heterocycles. The second-order valence-corrected chi connectivity index (χ2v) is 4.30. The van der Waals surface area contributed by atoms with Crippen LogP contribution in [0.5, 0.6) is 5.75 Å². The number of phenols is 1. The Morgan fingerprint density at radius 3 is 2.47 bits per heavy atom. The number of hydrogen-bond donors (Lipinski definition) is 2. The van der Waals surface area contributed by atoms with E-state index in [0.717, 1.165) is 12.0 Å². The van der Waals surface area contributed by atoms with Gasteiger partial charge in [-0.15, -0.1) is 0 Å². The lowest BCUT2D eigenvalue weighted by molar-refractivity contribution is -0.137. The van der Waals surface area contributed by atoms with E-state index in [1.807, 2.05) is 11.8 Å². The molecule has 102 valence electrons. The van der Waals surface area contributed by atoms with Crippen LogP contribution in [-0.2, 0) is 4.79 Å². The third-order valence-corrected chi connectivity index (χ3v) is 2.82. The number of phenolic OH excluding ortho intramolecular Hbond substituents is 1. The average molecular weight is 262 g/mol.